The molecule has 3 nitrogen and oxygen atoms in total. The summed E-state index contributed by atoms with van der Waals surface area (Å²) in [5.41, 5.74) is 1.18. The molecule has 0 saturated heterocycles. The summed E-state index contributed by atoms with van der Waals surface area (Å²) in [7, 11) is 0. The molecular weight excluding hydrogens is 236 g/mol. The first kappa shape index (κ1) is 13.5. The highest BCUT2D eigenvalue weighted by molar-refractivity contribution is 6.00. The molecular formula is C16H20N2O. The van der Waals surface area contributed by atoms with Crippen LogP contribution < -0.4 is 5.32 Å². The fraction of sp³-hybridized carbons (Fsp3) is 0.375. The Hall–Kier alpha value is -1.90. The Balaban J connectivity index is 2.28. The lowest BCUT2D eigenvalue weighted by Gasteiger charge is -2.17. The molecule has 0 radical (unpaired) electrons. The molecule has 0 aliphatic heterocycles. The first-order valence-electron chi connectivity index (χ1n) is 6.50. The summed E-state index contributed by atoms with van der Waals surface area (Å²) in [6.07, 6.45) is 2.21. The van der Waals surface area contributed by atoms with Gasteiger partial charge in [-0.2, -0.15) is 0 Å². The van der Waals surface area contributed by atoms with E-state index in [1.54, 1.807) is 6.20 Å². The van der Waals surface area contributed by atoms with Gasteiger partial charge in [-0.05, 0) is 23.8 Å². The highest BCUT2D eigenvalue weighted by Crippen LogP contribution is 2.24. The van der Waals surface area contributed by atoms with Gasteiger partial charge in [-0.1, -0.05) is 44.5 Å². The normalized spacial score (nSPS) is 11.6. The Bertz CT molecular complexity index is 612. The summed E-state index contributed by atoms with van der Waals surface area (Å²) >= 11 is 0. The Labute approximate surface area is 114 Å². The minimum absolute atomic E-state index is 0.00748. The van der Waals surface area contributed by atoms with E-state index in [-0.39, 0.29) is 11.3 Å². The fourth-order valence-electron chi connectivity index (χ4n) is 2.05. The summed E-state index contributed by atoms with van der Waals surface area (Å²) in [5, 5.41) is 4.99. The topological polar surface area (TPSA) is 42.0 Å². The first-order chi connectivity index (χ1) is 8.85. The van der Waals surface area contributed by atoms with Gasteiger partial charge in [-0.3, -0.25) is 4.79 Å². The van der Waals surface area contributed by atoms with E-state index in [0.717, 1.165) is 10.8 Å². The zero-order chi connectivity index (χ0) is 14.0. The first-order valence-corrected chi connectivity index (χ1v) is 6.50. The number of rotatable bonds is 2. The monoisotopic (exact) mass is 256 g/mol. The van der Waals surface area contributed by atoms with Crippen LogP contribution in [0.15, 0.2) is 30.5 Å². The van der Waals surface area contributed by atoms with E-state index in [4.69, 9.17) is 0 Å². The van der Waals surface area contributed by atoms with E-state index in [9.17, 15) is 4.79 Å². The Kier molecular flexibility index (Phi) is 3.56. The summed E-state index contributed by atoms with van der Waals surface area (Å²) in [4.78, 5) is 16.3. The molecule has 19 heavy (non-hydrogen) atoms. The third-order valence-corrected chi connectivity index (χ3v) is 2.87. The van der Waals surface area contributed by atoms with Gasteiger partial charge >= 0.3 is 0 Å². The second-order valence-corrected chi connectivity index (χ2v) is 6.17. The van der Waals surface area contributed by atoms with Gasteiger partial charge in [0.05, 0.1) is 0 Å². The molecule has 3 heteroatoms. The maximum Gasteiger partial charge on any atom is 0.226 e. The Morgan fingerprint density at radius 3 is 2.68 bits per heavy atom. The van der Waals surface area contributed by atoms with Crippen LogP contribution >= 0.6 is 0 Å². The summed E-state index contributed by atoms with van der Waals surface area (Å²) in [6.45, 7) is 8.20. The zero-order valence-electron chi connectivity index (χ0n) is 11.9. The van der Waals surface area contributed by atoms with Crippen molar-refractivity contribution in [1.29, 1.82) is 0 Å². The van der Waals surface area contributed by atoms with Crippen molar-refractivity contribution in [3.63, 3.8) is 0 Å². The van der Waals surface area contributed by atoms with Crippen LogP contribution in [0.25, 0.3) is 10.8 Å². The van der Waals surface area contributed by atoms with E-state index in [0.29, 0.717) is 12.2 Å². The van der Waals surface area contributed by atoms with Gasteiger partial charge in [-0.15, -0.1) is 0 Å². The predicted octanol–water partition coefficient (Wildman–Crippen LogP) is 3.92. The van der Waals surface area contributed by atoms with Gasteiger partial charge in [0.2, 0.25) is 5.91 Å². The molecule has 0 spiro atoms. The van der Waals surface area contributed by atoms with Crippen molar-refractivity contribution in [1.82, 2.24) is 4.98 Å². The number of aromatic nitrogens is 1. The summed E-state index contributed by atoms with van der Waals surface area (Å²) in [5.74, 6) is 0.653. The van der Waals surface area contributed by atoms with Crippen molar-refractivity contribution in [3.05, 3.63) is 36.0 Å². The largest absolute Gasteiger partial charge is 0.310 e. The number of hydrogen-bond donors (Lipinski definition) is 1. The predicted molar refractivity (Wildman–Crippen MR) is 79.2 cm³/mol. The highest BCUT2D eigenvalue weighted by atomic mass is 16.1. The number of pyridine rings is 1. The third-order valence-electron chi connectivity index (χ3n) is 2.87. The average Bonchev–Trinajstić information content (AvgIpc) is 2.26. The van der Waals surface area contributed by atoms with Crippen LogP contribution in [0.1, 0.15) is 32.8 Å². The second-order valence-electron chi connectivity index (χ2n) is 6.17. The molecule has 1 aromatic carbocycles. The number of carbonyl (C=O) groups is 1. The van der Waals surface area contributed by atoms with Crippen LogP contribution in [0.4, 0.5) is 5.82 Å². The molecule has 1 aromatic heterocycles. The number of carbonyl (C=O) groups excluding carboxylic acids is 1. The number of anilines is 1. The molecule has 2 aromatic rings. The molecule has 0 unspecified atom stereocenters. The van der Waals surface area contributed by atoms with Crippen LogP contribution in [-0.2, 0) is 4.79 Å². The van der Waals surface area contributed by atoms with E-state index in [1.165, 1.54) is 5.56 Å². The standard InChI is InChI=1S/C16H20N2O/c1-11-5-6-13-12(9-11)7-8-17-15(13)18-14(19)10-16(2,3)4/h5-9H,10H2,1-4H3,(H,17,18,19). The van der Waals surface area contributed by atoms with E-state index < -0.39 is 0 Å². The fourth-order valence-corrected chi connectivity index (χ4v) is 2.05. The minimum Gasteiger partial charge on any atom is -0.310 e. The molecule has 0 aliphatic rings. The lowest BCUT2D eigenvalue weighted by molar-refractivity contribution is -0.117. The van der Waals surface area contributed by atoms with Gasteiger partial charge in [0, 0.05) is 18.0 Å². The summed E-state index contributed by atoms with van der Waals surface area (Å²) in [6, 6.07) is 8.09. The number of nitrogens with one attached hydrogen (secondary N) is 1. The van der Waals surface area contributed by atoms with Crippen molar-refractivity contribution in [2.24, 2.45) is 5.41 Å². The Morgan fingerprint density at radius 2 is 2.00 bits per heavy atom. The number of amides is 1. The Morgan fingerprint density at radius 1 is 1.26 bits per heavy atom. The molecule has 1 N–H and O–H groups in total. The third kappa shape index (κ3) is 3.53. The van der Waals surface area contributed by atoms with Crippen LogP contribution in [0.3, 0.4) is 0 Å². The second kappa shape index (κ2) is 5.00. The van der Waals surface area contributed by atoms with Gasteiger partial charge in [-0.25, -0.2) is 4.98 Å². The lowest BCUT2D eigenvalue weighted by Crippen LogP contribution is -2.20. The van der Waals surface area contributed by atoms with Crippen LogP contribution in [-0.4, -0.2) is 10.9 Å². The molecule has 0 saturated carbocycles. The quantitative estimate of drug-likeness (QED) is 0.885. The van der Waals surface area contributed by atoms with Gasteiger partial charge in [0.25, 0.3) is 0 Å². The number of aryl methyl sites for hydroxylation is 1. The molecule has 2 rings (SSSR count). The van der Waals surface area contributed by atoms with Crippen molar-refractivity contribution >= 4 is 22.5 Å². The molecule has 1 heterocycles. The molecule has 1 amide bonds. The van der Waals surface area contributed by atoms with Crippen LogP contribution in [0.5, 0.6) is 0 Å². The van der Waals surface area contributed by atoms with Crippen molar-refractivity contribution < 1.29 is 4.79 Å². The summed E-state index contributed by atoms with van der Waals surface area (Å²) < 4.78 is 0. The smallest absolute Gasteiger partial charge is 0.226 e. The number of benzene rings is 1. The van der Waals surface area contributed by atoms with E-state index in [2.05, 4.69) is 23.3 Å². The molecule has 0 bridgehead atoms. The van der Waals surface area contributed by atoms with Crippen LogP contribution in [0.2, 0.25) is 0 Å². The molecule has 100 valence electrons. The average molecular weight is 256 g/mol. The number of hydrogen-bond acceptors (Lipinski definition) is 2. The maximum absolute atomic E-state index is 12.0. The maximum atomic E-state index is 12.0. The number of fused-ring (bicyclic) bond motifs is 1. The van der Waals surface area contributed by atoms with Gasteiger partial charge in [0.15, 0.2) is 0 Å². The zero-order valence-corrected chi connectivity index (χ0v) is 11.9. The van der Waals surface area contributed by atoms with Crippen molar-refractivity contribution in [2.45, 2.75) is 34.1 Å². The molecule has 0 atom stereocenters. The number of nitrogens with zero attached hydrogens (tertiary/aromatic N) is 1. The van der Waals surface area contributed by atoms with Gasteiger partial charge < -0.3 is 5.32 Å². The van der Waals surface area contributed by atoms with E-state index >= 15 is 0 Å². The highest BCUT2D eigenvalue weighted by Gasteiger charge is 2.16. The molecule has 0 aliphatic carbocycles. The molecule has 0 fully saturated rings. The SMILES string of the molecule is Cc1ccc2c(NC(=O)CC(C)(C)C)nccc2c1. The van der Waals surface area contributed by atoms with E-state index in [1.807, 2.05) is 39.0 Å². The van der Waals surface area contributed by atoms with Crippen LogP contribution in [0, 0.1) is 12.3 Å². The lowest BCUT2D eigenvalue weighted by atomic mass is 9.92. The van der Waals surface area contributed by atoms with Gasteiger partial charge in [0.1, 0.15) is 5.82 Å². The minimum atomic E-state index is -0.0226. The van der Waals surface area contributed by atoms with Crippen molar-refractivity contribution in [3.8, 4) is 0 Å². The van der Waals surface area contributed by atoms with Crippen molar-refractivity contribution in [2.75, 3.05) is 5.32 Å².